The Labute approximate surface area is 114 Å². The average molecular weight is 275 g/mol. The standard InChI is InChI=1S/C13H13N3O2S/c1-9-2-3-11(19-9)13(18)15-8-12(17)16-10-4-6-14-7-5-10/h2-7H,8H2,1H3,(H,15,18)(H,14,16,17). The van der Waals surface area contributed by atoms with E-state index in [1.165, 1.54) is 11.3 Å². The maximum atomic E-state index is 11.7. The largest absolute Gasteiger partial charge is 0.342 e. The van der Waals surface area contributed by atoms with E-state index in [0.29, 0.717) is 10.6 Å². The SMILES string of the molecule is Cc1ccc(C(=O)NCC(=O)Nc2ccncc2)s1. The van der Waals surface area contributed by atoms with Crippen LogP contribution in [0.5, 0.6) is 0 Å². The van der Waals surface area contributed by atoms with Crippen LogP contribution in [-0.2, 0) is 4.79 Å². The molecule has 0 radical (unpaired) electrons. The van der Waals surface area contributed by atoms with Crippen molar-refractivity contribution in [3.63, 3.8) is 0 Å². The highest BCUT2D eigenvalue weighted by atomic mass is 32.1. The molecule has 0 aliphatic heterocycles. The fourth-order valence-electron chi connectivity index (χ4n) is 1.44. The van der Waals surface area contributed by atoms with Crippen molar-refractivity contribution >= 4 is 28.8 Å². The summed E-state index contributed by atoms with van der Waals surface area (Å²) in [5.41, 5.74) is 0.654. The number of pyridine rings is 1. The van der Waals surface area contributed by atoms with Crippen LogP contribution in [0.3, 0.4) is 0 Å². The molecule has 0 bridgehead atoms. The van der Waals surface area contributed by atoms with Crippen LogP contribution in [0.15, 0.2) is 36.7 Å². The molecule has 2 N–H and O–H groups in total. The third kappa shape index (κ3) is 3.89. The number of aryl methyl sites for hydroxylation is 1. The van der Waals surface area contributed by atoms with Crippen LogP contribution in [-0.4, -0.2) is 23.3 Å². The molecule has 0 aliphatic carbocycles. The first-order chi connectivity index (χ1) is 9.15. The third-order valence-corrected chi connectivity index (χ3v) is 3.34. The number of nitrogens with one attached hydrogen (secondary N) is 2. The van der Waals surface area contributed by atoms with Crippen molar-refractivity contribution in [2.45, 2.75) is 6.92 Å². The average Bonchev–Trinajstić information content (AvgIpc) is 2.84. The summed E-state index contributed by atoms with van der Waals surface area (Å²) >= 11 is 1.40. The molecular formula is C13H13N3O2S. The molecule has 0 aromatic carbocycles. The van der Waals surface area contributed by atoms with E-state index < -0.39 is 0 Å². The zero-order chi connectivity index (χ0) is 13.7. The lowest BCUT2D eigenvalue weighted by Gasteiger charge is -2.05. The minimum absolute atomic E-state index is 0.0574. The molecule has 5 nitrogen and oxygen atoms in total. The van der Waals surface area contributed by atoms with Crippen LogP contribution >= 0.6 is 11.3 Å². The van der Waals surface area contributed by atoms with Crippen molar-refractivity contribution in [2.75, 3.05) is 11.9 Å². The molecule has 0 fully saturated rings. The summed E-state index contributed by atoms with van der Waals surface area (Å²) in [5.74, 6) is -0.504. The van der Waals surface area contributed by atoms with E-state index >= 15 is 0 Å². The molecule has 0 spiro atoms. The summed E-state index contributed by atoms with van der Waals surface area (Å²) in [6, 6.07) is 6.98. The minimum atomic E-state index is -0.271. The van der Waals surface area contributed by atoms with Gasteiger partial charge in [0.25, 0.3) is 5.91 Å². The second kappa shape index (κ2) is 6.10. The van der Waals surface area contributed by atoms with Gasteiger partial charge in [-0.25, -0.2) is 0 Å². The summed E-state index contributed by atoms with van der Waals surface area (Å²) in [5, 5.41) is 5.24. The normalized spacial score (nSPS) is 9.95. The summed E-state index contributed by atoms with van der Waals surface area (Å²) in [6.45, 7) is 1.87. The molecule has 2 aromatic rings. The van der Waals surface area contributed by atoms with Crippen molar-refractivity contribution in [3.05, 3.63) is 46.4 Å². The third-order valence-electron chi connectivity index (χ3n) is 2.34. The first-order valence-electron chi connectivity index (χ1n) is 5.69. The van der Waals surface area contributed by atoms with E-state index in [4.69, 9.17) is 0 Å². The summed E-state index contributed by atoms with van der Waals surface area (Å²) < 4.78 is 0. The Bertz CT molecular complexity index is 581. The van der Waals surface area contributed by atoms with Crippen molar-refractivity contribution in [2.24, 2.45) is 0 Å². The summed E-state index contributed by atoms with van der Waals surface area (Å²) in [4.78, 5) is 28.9. The van der Waals surface area contributed by atoms with Crippen LogP contribution in [0.4, 0.5) is 5.69 Å². The highest BCUT2D eigenvalue weighted by Crippen LogP contribution is 2.14. The maximum Gasteiger partial charge on any atom is 0.261 e. The second-order valence-electron chi connectivity index (χ2n) is 3.88. The van der Waals surface area contributed by atoms with Gasteiger partial charge in [-0.05, 0) is 31.2 Å². The Morgan fingerprint density at radius 1 is 1.21 bits per heavy atom. The number of hydrogen-bond donors (Lipinski definition) is 2. The van der Waals surface area contributed by atoms with E-state index in [1.54, 1.807) is 30.6 Å². The quantitative estimate of drug-likeness (QED) is 0.894. The van der Waals surface area contributed by atoms with E-state index in [2.05, 4.69) is 15.6 Å². The van der Waals surface area contributed by atoms with E-state index in [1.807, 2.05) is 13.0 Å². The van der Waals surface area contributed by atoms with Gasteiger partial charge >= 0.3 is 0 Å². The van der Waals surface area contributed by atoms with Gasteiger partial charge in [0.05, 0.1) is 11.4 Å². The molecule has 0 unspecified atom stereocenters. The van der Waals surface area contributed by atoms with Gasteiger partial charge in [0.2, 0.25) is 5.91 Å². The van der Waals surface area contributed by atoms with Gasteiger partial charge in [-0.2, -0.15) is 0 Å². The number of aromatic nitrogens is 1. The maximum absolute atomic E-state index is 11.7. The predicted molar refractivity (Wildman–Crippen MR) is 74.3 cm³/mol. The molecule has 0 atom stereocenters. The lowest BCUT2D eigenvalue weighted by Crippen LogP contribution is -2.32. The number of thiophene rings is 1. The zero-order valence-corrected chi connectivity index (χ0v) is 11.2. The lowest BCUT2D eigenvalue weighted by molar-refractivity contribution is -0.115. The molecule has 0 aliphatic rings. The number of rotatable bonds is 4. The van der Waals surface area contributed by atoms with Gasteiger partial charge < -0.3 is 10.6 Å². The van der Waals surface area contributed by atoms with Gasteiger partial charge in [-0.3, -0.25) is 14.6 Å². The second-order valence-corrected chi connectivity index (χ2v) is 5.16. The highest BCUT2D eigenvalue weighted by Gasteiger charge is 2.09. The van der Waals surface area contributed by atoms with Crippen LogP contribution in [0.1, 0.15) is 14.5 Å². The molecule has 0 saturated heterocycles. The Hall–Kier alpha value is -2.21. The van der Waals surface area contributed by atoms with E-state index in [9.17, 15) is 9.59 Å². The predicted octanol–water partition coefficient (Wildman–Crippen LogP) is 1.82. The molecule has 6 heteroatoms. The molecule has 19 heavy (non-hydrogen) atoms. The van der Waals surface area contributed by atoms with Crippen LogP contribution in [0, 0.1) is 6.92 Å². The van der Waals surface area contributed by atoms with Crippen molar-refractivity contribution in [3.8, 4) is 0 Å². The summed E-state index contributed by atoms with van der Waals surface area (Å²) in [6.07, 6.45) is 3.17. The van der Waals surface area contributed by atoms with Crippen molar-refractivity contribution in [1.82, 2.24) is 10.3 Å². The number of amides is 2. The van der Waals surface area contributed by atoms with Crippen molar-refractivity contribution < 1.29 is 9.59 Å². The fraction of sp³-hybridized carbons (Fsp3) is 0.154. The van der Waals surface area contributed by atoms with Crippen LogP contribution in [0.25, 0.3) is 0 Å². The Kier molecular flexibility index (Phi) is 4.25. The molecular weight excluding hydrogens is 262 g/mol. The molecule has 0 saturated carbocycles. The van der Waals surface area contributed by atoms with Gasteiger partial charge in [0.15, 0.2) is 0 Å². The van der Waals surface area contributed by atoms with Gasteiger partial charge in [-0.1, -0.05) is 0 Å². The topological polar surface area (TPSA) is 71.1 Å². The molecule has 2 aromatic heterocycles. The minimum Gasteiger partial charge on any atom is -0.342 e. The highest BCUT2D eigenvalue weighted by molar-refractivity contribution is 7.13. The number of carbonyl (C=O) groups is 2. The van der Waals surface area contributed by atoms with E-state index in [-0.39, 0.29) is 18.4 Å². The van der Waals surface area contributed by atoms with E-state index in [0.717, 1.165) is 4.88 Å². The Balaban J connectivity index is 1.82. The number of carbonyl (C=O) groups excluding carboxylic acids is 2. The van der Waals surface area contributed by atoms with Gasteiger partial charge in [0, 0.05) is 23.0 Å². The number of nitrogens with zero attached hydrogens (tertiary/aromatic N) is 1. The Morgan fingerprint density at radius 3 is 2.58 bits per heavy atom. The molecule has 2 rings (SSSR count). The first-order valence-corrected chi connectivity index (χ1v) is 6.51. The fourth-order valence-corrected chi connectivity index (χ4v) is 2.23. The first kappa shape index (κ1) is 13.2. The van der Waals surface area contributed by atoms with Crippen LogP contribution < -0.4 is 10.6 Å². The Morgan fingerprint density at radius 2 is 1.95 bits per heavy atom. The van der Waals surface area contributed by atoms with Crippen molar-refractivity contribution in [1.29, 1.82) is 0 Å². The zero-order valence-electron chi connectivity index (χ0n) is 10.3. The van der Waals surface area contributed by atoms with Gasteiger partial charge in [0.1, 0.15) is 0 Å². The van der Waals surface area contributed by atoms with Crippen LogP contribution in [0.2, 0.25) is 0 Å². The molecule has 2 heterocycles. The molecule has 98 valence electrons. The number of hydrogen-bond acceptors (Lipinski definition) is 4. The molecule has 2 amide bonds. The lowest BCUT2D eigenvalue weighted by atomic mass is 10.4. The monoisotopic (exact) mass is 275 g/mol. The summed E-state index contributed by atoms with van der Waals surface area (Å²) in [7, 11) is 0. The smallest absolute Gasteiger partial charge is 0.261 e. The number of anilines is 1. The van der Waals surface area contributed by atoms with Gasteiger partial charge in [-0.15, -0.1) is 11.3 Å².